The average Bonchev–Trinajstić information content (AvgIpc) is 3.38. The molecule has 7 heteroatoms. The normalized spacial score (nSPS) is 12.2. The van der Waals surface area contributed by atoms with Gasteiger partial charge in [-0.3, -0.25) is 4.79 Å². The van der Waals surface area contributed by atoms with Gasteiger partial charge in [0.15, 0.2) is 0 Å². The number of carbonyl (C=O) groups excluding carboxylic acids is 1. The van der Waals surface area contributed by atoms with E-state index in [0.717, 1.165) is 27.4 Å². The van der Waals surface area contributed by atoms with Crippen LogP contribution in [0.15, 0.2) is 54.2 Å². The number of hydrogen-bond acceptors (Lipinski definition) is 5. The number of nitrogens with zero attached hydrogens (tertiary/aromatic N) is 4. The third-order valence-electron chi connectivity index (χ3n) is 4.86. The molecule has 4 aromatic rings. The van der Waals surface area contributed by atoms with E-state index in [1.54, 1.807) is 15.9 Å². The van der Waals surface area contributed by atoms with E-state index >= 15 is 0 Å². The number of nitrogens with one attached hydrogen (secondary N) is 1. The lowest BCUT2D eigenvalue weighted by molar-refractivity contribution is -0.121. The molecule has 0 aliphatic carbocycles. The Hall–Kier alpha value is -3.06. The molecule has 0 saturated carbocycles. The second kappa shape index (κ2) is 7.90. The van der Waals surface area contributed by atoms with Gasteiger partial charge in [-0.05, 0) is 42.8 Å². The Morgan fingerprint density at radius 2 is 2.00 bits per heavy atom. The fourth-order valence-corrected chi connectivity index (χ4v) is 4.21. The molecule has 0 saturated heterocycles. The van der Waals surface area contributed by atoms with E-state index in [0.29, 0.717) is 18.6 Å². The monoisotopic (exact) mass is 391 g/mol. The van der Waals surface area contributed by atoms with Crippen LogP contribution in [0.25, 0.3) is 5.78 Å². The van der Waals surface area contributed by atoms with Crippen molar-refractivity contribution < 1.29 is 4.79 Å². The summed E-state index contributed by atoms with van der Waals surface area (Å²) in [5, 5.41) is 9.44. The van der Waals surface area contributed by atoms with Crippen LogP contribution in [0.1, 0.15) is 39.9 Å². The number of thiophene rings is 1. The van der Waals surface area contributed by atoms with Gasteiger partial charge in [0.05, 0.1) is 6.04 Å². The van der Waals surface area contributed by atoms with Crippen molar-refractivity contribution in [2.24, 2.45) is 0 Å². The minimum atomic E-state index is -0.133. The van der Waals surface area contributed by atoms with Gasteiger partial charge in [-0.15, -0.1) is 11.3 Å². The molecule has 1 unspecified atom stereocenters. The van der Waals surface area contributed by atoms with Crippen molar-refractivity contribution in [3.05, 3.63) is 81.6 Å². The first-order valence-corrected chi connectivity index (χ1v) is 10.0. The summed E-state index contributed by atoms with van der Waals surface area (Å²) in [5.41, 5.74) is 3.99. The van der Waals surface area contributed by atoms with Crippen LogP contribution in [-0.2, 0) is 11.2 Å². The van der Waals surface area contributed by atoms with E-state index in [1.165, 1.54) is 6.33 Å². The van der Waals surface area contributed by atoms with Gasteiger partial charge in [0.2, 0.25) is 5.91 Å². The molecule has 142 valence electrons. The SMILES string of the molecule is Cc1nc2ncnn2c(C)c1CCC(=O)NC(c1ccccc1)c1cccs1. The summed E-state index contributed by atoms with van der Waals surface area (Å²) in [6.45, 7) is 3.94. The minimum absolute atomic E-state index is 0.0136. The number of benzene rings is 1. The van der Waals surface area contributed by atoms with E-state index < -0.39 is 0 Å². The molecule has 0 aliphatic heterocycles. The first-order valence-electron chi connectivity index (χ1n) is 9.17. The van der Waals surface area contributed by atoms with E-state index in [-0.39, 0.29) is 11.9 Å². The third kappa shape index (κ3) is 3.66. The maximum atomic E-state index is 12.8. The highest BCUT2D eigenvalue weighted by molar-refractivity contribution is 7.10. The zero-order valence-electron chi connectivity index (χ0n) is 15.8. The summed E-state index contributed by atoms with van der Waals surface area (Å²) < 4.78 is 1.72. The number of aryl methyl sites for hydroxylation is 2. The molecule has 1 aromatic carbocycles. The highest BCUT2D eigenvalue weighted by Gasteiger charge is 2.18. The Bertz CT molecular complexity index is 1090. The summed E-state index contributed by atoms with van der Waals surface area (Å²) in [5.74, 6) is 0.602. The lowest BCUT2D eigenvalue weighted by Crippen LogP contribution is -2.29. The van der Waals surface area contributed by atoms with Gasteiger partial charge >= 0.3 is 0 Å². The Balaban J connectivity index is 1.50. The smallest absolute Gasteiger partial charge is 0.252 e. The van der Waals surface area contributed by atoms with Crippen LogP contribution in [0, 0.1) is 13.8 Å². The number of rotatable bonds is 6. The predicted octanol–water partition coefficient (Wildman–Crippen LogP) is 3.64. The molecular formula is C21H21N5OS. The number of aromatic nitrogens is 4. The molecule has 0 aliphatic rings. The summed E-state index contributed by atoms with van der Waals surface area (Å²) in [4.78, 5) is 22.5. The Labute approximate surface area is 167 Å². The average molecular weight is 392 g/mol. The highest BCUT2D eigenvalue weighted by atomic mass is 32.1. The van der Waals surface area contributed by atoms with Gasteiger partial charge in [-0.1, -0.05) is 36.4 Å². The van der Waals surface area contributed by atoms with Crippen molar-refractivity contribution >= 4 is 23.0 Å². The summed E-state index contributed by atoms with van der Waals surface area (Å²) in [6, 6.07) is 14.0. The second-order valence-electron chi connectivity index (χ2n) is 6.66. The van der Waals surface area contributed by atoms with Gasteiger partial charge in [-0.2, -0.15) is 10.1 Å². The molecule has 1 amide bonds. The van der Waals surface area contributed by atoms with Crippen molar-refractivity contribution in [2.45, 2.75) is 32.7 Å². The molecule has 0 spiro atoms. The molecule has 3 heterocycles. The number of amides is 1. The fraction of sp³-hybridized carbons (Fsp3) is 0.238. The molecule has 1 atom stereocenters. The predicted molar refractivity (Wildman–Crippen MR) is 109 cm³/mol. The fourth-order valence-electron chi connectivity index (χ4n) is 3.41. The molecular weight excluding hydrogens is 370 g/mol. The topological polar surface area (TPSA) is 72.2 Å². The van der Waals surface area contributed by atoms with Crippen molar-refractivity contribution in [1.29, 1.82) is 0 Å². The molecule has 1 N–H and O–H groups in total. The van der Waals surface area contributed by atoms with Crippen molar-refractivity contribution in [3.63, 3.8) is 0 Å². The van der Waals surface area contributed by atoms with Crippen LogP contribution in [0.3, 0.4) is 0 Å². The standard InChI is InChI=1S/C21H21N5OS/c1-14-17(15(2)26-21(24-14)22-13-23-26)10-11-19(27)25-20(18-9-6-12-28-18)16-7-4-3-5-8-16/h3-9,12-13,20H,10-11H2,1-2H3,(H,25,27). The summed E-state index contributed by atoms with van der Waals surface area (Å²) >= 11 is 1.65. The summed E-state index contributed by atoms with van der Waals surface area (Å²) in [7, 11) is 0. The molecule has 28 heavy (non-hydrogen) atoms. The Morgan fingerprint density at radius 3 is 2.75 bits per heavy atom. The van der Waals surface area contributed by atoms with Gasteiger partial charge in [-0.25, -0.2) is 9.50 Å². The van der Waals surface area contributed by atoms with Crippen LogP contribution in [-0.4, -0.2) is 25.5 Å². The summed E-state index contributed by atoms with van der Waals surface area (Å²) in [6.07, 6.45) is 2.49. The number of fused-ring (bicyclic) bond motifs is 1. The van der Waals surface area contributed by atoms with E-state index in [4.69, 9.17) is 0 Å². The van der Waals surface area contributed by atoms with Crippen LogP contribution < -0.4 is 5.32 Å². The highest BCUT2D eigenvalue weighted by Crippen LogP contribution is 2.26. The molecule has 0 radical (unpaired) electrons. The van der Waals surface area contributed by atoms with Gasteiger partial charge in [0, 0.05) is 22.7 Å². The molecule has 3 aromatic heterocycles. The van der Waals surface area contributed by atoms with Crippen LogP contribution >= 0.6 is 11.3 Å². The largest absolute Gasteiger partial charge is 0.344 e. The molecule has 6 nitrogen and oxygen atoms in total. The molecule has 0 fully saturated rings. The lowest BCUT2D eigenvalue weighted by Gasteiger charge is -2.18. The second-order valence-corrected chi connectivity index (χ2v) is 7.64. The molecule has 0 bridgehead atoms. The van der Waals surface area contributed by atoms with Gasteiger partial charge in [0.1, 0.15) is 6.33 Å². The number of hydrogen-bond donors (Lipinski definition) is 1. The third-order valence-corrected chi connectivity index (χ3v) is 5.79. The van der Waals surface area contributed by atoms with Crippen LogP contribution in [0.4, 0.5) is 0 Å². The lowest BCUT2D eigenvalue weighted by atomic mass is 10.0. The van der Waals surface area contributed by atoms with Crippen molar-refractivity contribution in [3.8, 4) is 0 Å². The minimum Gasteiger partial charge on any atom is -0.344 e. The number of carbonyl (C=O) groups is 1. The van der Waals surface area contributed by atoms with Crippen molar-refractivity contribution in [1.82, 2.24) is 24.9 Å². The Kier molecular flexibility index (Phi) is 5.16. The zero-order valence-corrected chi connectivity index (χ0v) is 16.6. The first-order chi connectivity index (χ1) is 13.6. The quantitative estimate of drug-likeness (QED) is 0.545. The van der Waals surface area contributed by atoms with Gasteiger partial charge in [0.25, 0.3) is 5.78 Å². The maximum absolute atomic E-state index is 12.8. The van der Waals surface area contributed by atoms with E-state index in [9.17, 15) is 4.79 Å². The van der Waals surface area contributed by atoms with Crippen LogP contribution in [0.5, 0.6) is 0 Å². The first kappa shape index (κ1) is 18.3. The van der Waals surface area contributed by atoms with Crippen molar-refractivity contribution in [2.75, 3.05) is 0 Å². The van der Waals surface area contributed by atoms with E-state index in [2.05, 4.69) is 26.4 Å². The Morgan fingerprint density at radius 1 is 1.18 bits per heavy atom. The van der Waals surface area contributed by atoms with Crippen LogP contribution in [0.2, 0.25) is 0 Å². The zero-order chi connectivity index (χ0) is 19.5. The maximum Gasteiger partial charge on any atom is 0.252 e. The van der Waals surface area contributed by atoms with E-state index in [1.807, 2.05) is 55.6 Å². The molecule has 4 rings (SSSR count). The van der Waals surface area contributed by atoms with Gasteiger partial charge < -0.3 is 5.32 Å².